The van der Waals surface area contributed by atoms with E-state index in [0.29, 0.717) is 5.75 Å². The summed E-state index contributed by atoms with van der Waals surface area (Å²) >= 11 is 0. The highest BCUT2D eigenvalue weighted by Crippen LogP contribution is 2.17. The van der Waals surface area contributed by atoms with Crippen molar-refractivity contribution in [1.82, 2.24) is 5.32 Å². The Kier molecular flexibility index (Phi) is 7.10. The molecule has 0 aliphatic carbocycles. The second kappa shape index (κ2) is 9.54. The summed E-state index contributed by atoms with van der Waals surface area (Å²) in [4.78, 5) is 11.9. The molecule has 0 radical (unpaired) electrons. The zero-order chi connectivity index (χ0) is 18.1. The number of para-hydroxylation sites is 1. The van der Waals surface area contributed by atoms with Crippen molar-refractivity contribution in [3.05, 3.63) is 54.1 Å². The van der Waals surface area contributed by atoms with Crippen molar-refractivity contribution < 1.29 is 19.4 Å². The van der Waals surface area contributed by atoms with Gasteiger partial charge in [-0.05, 0) is 42.3 Å². The van der Waals surface area contributed by atoms with Gasteiger partial charge in [-0.25, -0.2) is 4.79 Å². The molecular formula is C19H24N2O4. The molecule has 3 N–H and O–H groups in total. The Bertz CT molecular complexity index is 673. The first-order valence-electron chi connectivity index (χ1n) is 8.20. The third-order valence-electron chi connectivity index (χ3n) is 3.65. The fourth-order valence-corrected chi connectivity index (χ4v) is 2.25. The Morgan fingerprint density at radius 1 is 1.12 bits per heavy atom. The molecular weight excluding hydrogens is 320 g/mol. The van der Waals surface area contributed by atoms with E-state index in [1.54, 1.807) is 31.4 Å². The maximum atomic E-state index is 11.9. The van der Waals surface area contributed by atoms with Crippen molar-refractivity contribution in [3.63, 3.8) is 0 Å². The monoisotopic (exact) mass is 344 g/mol. The number of methoxy groups -OCH3 is 1. The van der Waals surface area contributed by atoms with Gasteiger partial charge in [-0.3, -0.25) is 0 Å². The van der Waals surface area contributed by atoms with E-state index in [-0.39, 0.29) is 19.2 Å². The number of rotatable bonds is 8. The highest BCUT2D eigenvalue weighted by Gasteiger charge is 2.09. The predicted octanol–water partition coefficient (Wildman–Crippen LogP) is 2.82. The first-order valence-corrected chi connectivity index (χ1v) is 8.20. The van der Waals surface area contributed by atoms with Gasteiger partial charge in [0.25, 0.3) is 0 Å². The number of hydrogen-bond donors (Lipinski definition) is 3. The van der Waals surface area contributed by atoms with Crippen LogP contribution < -0.4 is 20.1 Å². The molecule has 0 spiro atoms. The normalized spacial score (nSPS) is 11.5. The molecule has 0 saturated heterocycles. The zero-order valence-corrected chi connectivity index (χ0v) is 14.5. The van der Waals surface area contributed by atoms with Gasteiger partial charge in [-0.15, -0.1) is 0 Å². The number of hydrogen-bond acceptors (Lipinski definition) is 4. The molecule has 6 nitrogen and oxygen atoms in total. The van der Waals surface area contributed by atoms with Crippen LogP contribution in [-0.2, 0) is 6.42 Å². The molecule has 2 aromatic rings. The Morgan fingerprint density at radius 3 is 2.48 bits per heavy atom. The number of benzene rings is 2. The second-order valence-corrected chi connectivity index (χ2v) is 5.49. The van der Waals surface area contributed by atoms with Gasteiger partial charge >= 0.3 is 6.03 Å². The molecule has 1 unspecified atom stereocenters. The molecule has 0 saturated carbocycles. The van der Waals surface area contributed by atoms with E-state index in [4.69, 9.17) is 9.47 Å². The minimum Gasteiger partial charge on any atom is -0.497 e. The maximum absolute atomic E-state index is 11.9. The number of ether oxygens (including phenoxy) is 2. The van der Waals surface area contributed by atoms with E-state index >= 15 is 0 Å². The van der Waals surface area contributed by atoms with Crippen LogP contribution in [0.1, 0.15) is 12.5 Å². The molecule has 0 aliphatic rings. The van der Waals surface area contributed by atoms with E-state index in [1.807, 2.05) is 31.2 Å². The van der Waals surface area contributed by atoms with Crippen LogP contribution >= 0.6 is 0 Å². The number of carbonyl (C=O) groups is 1. The molecule has 1 atom stereocenters. The maximum Gasteiger partial charge on any atom is 0.319 e. The largest absolute Gasteiger partial charge is 0.497 e. The number of aliphatic hydroxyl groups excluding tert-OH is 1. The van der Waals surface area contributed by atoms with Crippen LogP contribution in [-0.4, -0.2) is 37.5 Å². The Balaban J connectivity index is 1.73. The van der Waals surface area contributed by atoms with Crippen LogP contribution in [0.4, 0.5) is 10.5 Å². The number of amides is 2. The molecule has 0 aromatic heterocycles. The first-order chi connectivity index (χ1) is 12.1. The minimum atomic E-state index is -0.811. The number of aryl methyl sites for hydroxylation is 1. The average molecular weight is 344 g/mol. The van der Waals surface area contributed by atoms with Gasteiger partial charge in [-0.2, -0.15) is 0 Å². The quantitative estimate of drug-likeness (QED) is 0.688. The third kappa shape index (κ3) is 6.00. The van der Waals surface area contributed by atoms with Gasteiger partial charge in [0.15, 0.2) is 0 Å². The van der Waals surface area contributed by atoms with Gasteiger partial charge in [0.05, 0.1) is 7.11 Å². The molecule has 0 aliphatic heterocycles. The van der Waals surface area contributed by atoms with Crippen LogP contribution in [0.5, 0.6) is 11.5 Å². The zero-order valence-electron chi connectivity index (χ0n) is 14.5. The number of carbonyl (C=O) groups excluding carboxylic acids is 1. The summed E-state index contributed by atoms with van der Waals surface area (Å²) in [5.41, 5.74) is 1.83. The SMILES string of the molecule is CCc1ccccc1NC(=O)NCC(O)COc1ccc(OC)cc1. The molecule has 25 heavy (non-hydrogen) atoms. The van der Waals surface area contributed by atoms with E-state index in [9.17, 15) is 9.90 Å². The van der Waals surface area contributed by atoms with E-state index in [2.05, 4.69) is 10.6 Å². The lowest BCUT2D eigenvalue weighted by Gasteiger charge is -2.15. The van der Waals surface area contributed by atoms with Gasteiger partial charge < -0.3 is 25.2 Å². The van der Waals surface area contributed by atoms with Crippen LogP contribution in [0.25, 0.3) is 0 Å². The highest BCUT2D eigenvalue weighted by atomic mass is 16.5. The van der Waals surface area contributed by atoms with Crippen LogP contribution in [0, 0.1) is 0 Å². The molecule has 134 valence electrons. The van der Waals surface area contributed by atoms with Crippen molar-refractivity contribution in [2.24, 2.45) is 0 Å². The number of aliphatic hydroxyl groups is 1. The fraction of sp³-hybridized carbons (Fsp3) is 0.316. The Morgan fingerprint density at radius 2 is 1.80 bits per heavy atom. The van der Waals surface area contributed by atoms with Crippen LogP contribution in [0.15, 0.2) is 48.5 Å². The number of urea groups is 1. The van der Waals surface area contributed by atoms with Gasteiger partial charge in [-0.1, -0.05) is 25.1 Å². The van der Waals surface area contributed by atoms with E-state index in [1.165, 1.54) is 0 Å². The van der Waals surface area contributed by atoms with Crippen LogP contribution in [0.2, 0.25) is 0 Å². The summed E-state index contributed by atoms with van der Waals surface area (Å²) in [6, 6.07) is 14.3. The third-order valence-corrected chi connectivity index (χ3v) is 3.65. The van der Waals surface area contributed by atoms with Crippen LogP contribution in [0.3, 0.4) is 0 Å². The van der Waals surface area contributed by atoms with E-state index in [0.717, 1.165) is 23.4 Å². The lowest BCUT2D eigenvalue weighted by molar-refractivity contribution is 0.108. The van der Waals surface area contributed by atoms with Gasteiger partial charge in [0, 0.05) is 12.2 Å². The van der Waals surface area contributed by atoms with Gasteiger partial charge in [0.1, 0.15) is 24.2 Å². The molecule has 2 aromatic carbocycles. The van der Waals surface area contributed by atoms with Crippen molar-refractivity contribution in [3.8, 4) is 11.5 Å². The average Bonchev–Trinajstić information content (AvgIpc) is 2.65. The van der Waals surface area contributed by atoms with Crippen molar-refractivity contribution >= 4 is 11.7 Å². The number of nitrogens with one attached hydrogen (secondary N) is 2. The lowest BCUT2D eigenvalue weighted by atomic mass is 10.1. The molecule has 0 fully saturated rings. The summed E-state index contributed by atoms with van der Waals surface area (Å²) in [5.74, 6) is 1.36. The Hall–Kier alpha value is -2.73. The summed E-state index contributed by atoms with van der Waals surface area (Å²) < 4.78 is 10.5. The summed E-state index contributed by atoms with van der Waals surface area (Å²) in [6.45, 7) is 2.20. The molecule has 0 heterocycles. The molecule has 2 rings (SSSR count). The standard InChI is InChI=1S/C19H24N2O4/c1-3-14-6-4-5-7-18(14)21-19(23)20-12-15(22)13-25-17-10-8-16(24-2)9-11-17/h4-11,15,22H,3,12-13H2,1-2H3,(H2,20,21,23). The van der Waals surface area contributed by atoms with Gasteiger partial charge in [0.2, 0.25) is 0 Å². The highest BCUT2D eigenvalue weighted by molar-refractivity contribution is 5.90. The molecule has 6 heteroatoms. The predicted molar refractivity (Wildman–Crippen MR) is 97.3 cm³/mol. The smallest absolute Gasteiger partial charge is 0.319 e. The fourth-order valence-electron chi connectivity index (χ4n) is 2.25. The van der Waals surface area contributed by atoms with Crippen molar-refractivity contribution in [2.75, 3.05) is 25.6 Å². The van der Waals surface area contributed by atoms with Crippen molar-refractivity contribution in [1.29, 1.82) is 0 Å². The minimum absolute atomic E-state index is 0.0815. The Labute approximate surface area is 147 Å². The summed E-state index contributed by atoms with van der Waals surface area (Å²) in [7, 11) is 1.59. The number of anilines is 1. The first kappa shape index (κ1) is 18.6. The lowest BCUT2D eigenvalue weighted by Crippen LogP contribution is -2.37. The summed E-state index contributed by atoms with van der Waals surface area (Å²) in [6.07, 6.45) is 0.0173. The topological polar surface area (TPSA) is 79.8 Å². The van der Waals surface area contributed by atoms with Crippen molar-refractivity contribution in [2.45, 2.75) is 19.4 Å². The molecule has 2 amide bonds. The second-order valence-electron chi connectivity index (χ2n) is 5.49. The van der Waals surface area contributed by atoms with E-state index < -0.39 is 6.10 Å². The summed E-state index contributed by atoms with van der Waals surface area (Å²) in [5, 5.41) is 15.4. The molecule has 0 bridgehead atoms.